The normalized spacial score (nSPS) is 15.0. The predicted molar refractivity (Wildman–Crippen MR) is 154 cm³/mol. The number of nitrogens with zero attached hydrogens (tertiary/aromatic N) is 2. The fourth-order valence-corrected chi connectivity index (χ4v) is 5.89. The van der Waals surface area contributed by atoms with Gasteiger partial charge in [-0.25, -0.2) is 9.79 Å². The molecule has 4 rings (SSSR count). The van der Waals surface area contributed by atoms with E-state index in [1.165, 1.54) is 11.3 Å². The summed E-state index contributed by atoms with van der Waals surface area (Å²) in [5, 5.41) is 0. The van der Waals surface area contributed by atoms with Crippen molar-refractivity contribution in [3.63, 3.8) is 0 Å². The van der Waals surface area contributed by atoms with Crippen LogP contribution in [0.2, 0.25) is 0 Å². The Balaban J connectivity index is 1.90. The first-order valence-corrected chi connectivity index (χ1v) is 14.4. The van der Waals surface area contributed by atoms with Crippen molar-refractivity contribution in [2.75, 3.05) is 26.9 Å². The molecule has 3 aromatic rings. The SMILES string of the molecule is CCCOc1ccc(/C=c2\sc3n(c2=O)[C@@H](c2cc(OC)c(OCC)cc2Br)C(C(=O)OCC)=C(C)N=3)cc1. The maximum atomic E-state index is 13.9. The van der Waals surface area contributed by atoms with E-state index in [2.05, 4.69) is 27.8 Å². The van der Waals surface area contributed by atoms with Gasteiger partial charge in [0.25, 0.3) is 5.56 Å². The molecule has 1 aliphatic rings. The van der Waals surface area contributed by atoms with Gasteiger partial charge >= 0.3 is 5.97 Å². The molecule has 0 aliphatic carbocycles. The van der Waals surface area contributed by atoms with E-state index in [0.29, 0.717) is 55.4 Å². The second-order valence-electron chi connectivity index (χ2n) is 8.68. The van der Waals surface area contributed by atoms with Crippen molar-refractivity contribution in [1.82, 2.24) is 4.57 Å². The lowest BCUT2D eigenvalue weighted by atomic mass is 9.95. The van der Waals surface area contributed by atoms with E-state index in [9.17, 15) is 9.59 Å². The number of benzene rings is 2. The van der Waals surface area contributed by atoms with Crippen LogP contribution in [0.15, 0.2) is 61.9 Å². The Kier molecular flexibility index (Phi) is 9.29. The van der Waals surface area contributed by atoms with Gasteiger partial charge in [0, 0.05) is 4.47 Å². The molecule has 0 saturated carbocycles. The minimum absolute atomic E-state index is 0.193. The molecule has 0 amide bonds. The molecule has 0 bridgehead atoms. The maximum absolute atomic E-state index is 13.9. The molecule has 0 fully saturated rings. The van der Waals surface area contributed by atoms with Crippen molar-refractivity contribution in [2.24, 2.45) is 4.99 Å². The average molecular weight is 616 g/mol. The first kappa shape index (κ1) is 28.6. The lowest BCUT2D eigenvalue weighted by Crippen LogP contribution is -2.40. The van der Waals surface area contributed by atoms with Gasteiger partial charge in [0.1, 0.15) is 5.75 Å². The molecule has 2 aromatic carbocycles. The van der Waals surface area contributed by atoms with Crippen molar-refractivity contribution in [3.8, 4) is 17.2 Å². The van der Waals surface area contributed by atoms with Gasteiger partial charge in [-0.2, -0.15) is 0 Å². The number of thiazole rings is 1. The summed E-state index contributed by atoms with van der Waals surface area (Å²) in [6, 6.07) is 10.4. The van der Waals surface area contributed by atoms with Crippen LogP contribution in [0.4, 0.5) is 0 Å². The molecule has 39 heavy (non-hydrogen) atoms. The van der Waals surface area contributed by atoms with E-state index in [1.54, 1.807) is 37.7 Å². The van der Waals surface area contributed by atoms with Crippen molar-refractivity contribution < 1.29 is 23.7 Å². The highest BCUT2D eigenvalue weighted by molar-refractivity contribution is 9.10. The number of rotatable bonds is 10. The molecule has 0 unspecified atom stereocenters. The number of halogens is 1. The van der Waals surface area contributed by atoms with E-state index < -0.39 is 12.0 Å². The number of hydrogen-bond donors (Lipinski definition) is 0. The second-order valence-corrected chi connectivity index (χ2v) is 10.5. The van der Waals surface area contributed by atoms with Gasteiger partial charge in [0.05, 0.1) is 48.8 Å². The Morgan fingerprint density at radius 2 is 1.85 bits per heavy atom. The first-order chi connectivity index (χ1) is 18.8. The van der Waals surface area contributed by atoms with Gasteiger partial charge in [-0.3, -0.25) is 9.36 Å². The van der Waals surface area contributed by atoms with E-state index >= 15 is 0 Å². The monoisotopic (exact) mass is 614 g/mol. The number of carbonyl (C=O) groups excluding carboxylic acids is 1. The molecule has 2 heterocycles. The summed E-state index contributed by atoms with van der Waals surface area (Å²) in [6.45, 7) is 8.73. The summed E-state index contributed by atoms with van der Waals surface area (Å²) < 4.78 is 25.1. The highest BCUT2D eigenvalue weighted by Crippen LogP contribution is 2.41. The van der Waals surface area contributed by atoms with Gasteiger partial charge in [-0.1, -0.05) is 46.3 Å². The molecule has 0 radical (unpaired) electrons. The number of methoxy groups -OCH3 is 1. The van der Waals surface area contributed by atoms with E-state index in [1.807, 2.05) is 37.3 Å². The quantitative estimate of drug-likeness (QED) is 0.306. The van der Waals surface area contributed by atoms with Crippen LogP contribution >= 0.6 is 27.3 Å². The number of aromatic nitrogens is 1. The number of carbonyl (C=O) groups is 1. The van der Waals surface area contributed by atoms with Crippen LogP contribution in [0.1, 0.15) is 51.3 Å². The van der Waals surface area contributed by atoms with Crippen LogP contribution in [-0.4, -0.2) is 37.5 Å². The third-order valence-corrected chi connectivity index (χ3v) is 7.71. The molecule has 1 aliphatic heterocycles. The standard InChI is InChI=1S/C29H31BrN2O6S/c1-6-13-38-19-11-9-18(10-12-19)14-24-27(33)32-26(20-15-22(35-5)23(36-7-2)16-21(20)30)25(28(34)37-8-3)17(4)31-29(32)39-24/h9-12,14-16,26H,6-8,13H2,1-5H3/b24-14-/t26-/m0/s1. The molecular formula is C29H31BrN2O6S. The number of esters is 1. The van der Waals surface area contributed by atoms with E-state index in [-0.39, 0.29) is 12.2 Å². The summed E-state index contributed by atoms with van der Waals surface area (Å²) in [4.78, 5) is 32.2. The summed E-state index contributed by atoms with van der Waals surface area (Å²) in [5.41, 5.74) is 2.02. The van der Waals surface area contributed by atoms with Crippen molar-refractivity contribution >= 4 is 39.3 Å². The summed E-state index contributed by atoms with van der Waals surface area (Å²) >= 11 is 4.91. The molecule has 8 nitrogen and oxygen atoms in total. The van der Waals surface area contributed by atoms with Gasteiger partial charge in [0.15, 0.2) is 16.3 Å². The van der Waals surface area contributed by atoms with Gasteiger partial charge in [0.2, 0.25) is 0 Å². The molecule has 0 spiro atoms. The number of fused-ring (bicyclic) bond motifs is 1. The lowest BCUT2D eigenvalue weighted by Gasteiger charge is -2.26. The van der Waals surface area contributed by atoms with Gasteiger partial charge in [-0.15, -0.1) is 0 Å². The molecule has 1 aromatic heterocycles. The van der Waals surface area contributed by atoms with Crippen molar-refractivity contribution in [1.29, 1.82) is 0 Å². The Hall–Kier alpha value is -3.37. The Morgan fingerprint density at radius 1 is 1.10 bits per heavy atom. The smallest absolute Gasteiger partial charge is 0.338 e. The Bertz CT molecular complexity index is 1570. The largest absolute Gasteiger partial charge is 0.494 e. The van der Waals surface area contributed by atoms with E-state index in [0.717, 1.165) is 17.7 Å². The Morgan fingerprint density at radius 3 is 2.49 bits per heavy atom. The topological polar surface area (TPSA) is 88.3 Å². The molecular weight excluding hydrogens is 584 g/mol. The van der Waals surface area contributed by atoms with Crippen LogP contribution in [0.3, 0.4) is 0 Å². The zero-order valence-corrected chi connectivity index (χ0v) is 25.0. The number of ether oxygens (including phenoxy) is 4. The first-order valence-electron chi connectivity index (χ1n) is 12.8. The van der Waals surface area contributed by atoms with Crippen LogP contribution in [-0.2, 0) is 9.53 Å². The third kappa shape index (κ3) is 5.96. The van der Waals surface area contributed by atoms with Crippen LogP contribution in [0.25, 0.3) is 6.08 Å². The second kappa shape index (κ2) is 12.7. The molecule has 0 saturated heterocycles. The number of hydrogen-bond acceptors (Lipinski definition) is 8. The van der Waals surface area contributed by atoms with Gasteiger partial charge < -0.3 is 18.9 Å². The zero-order chi connectivity index (χ0) is 28.1. The van der Waals surface area contributed by atoms with Crippen LogP contribution < -0.4 is 29.1 Å². The molecule has 10 heteroatoms. The summed E-state index contributed by atoms with van der Waals surface area (Å²) in [5.74, 6) is 1.29. The summed E-state index contributed by atoms with van der Waals surface area (Å²) in [6.07, 6.45) is 2.75. The lowest BCUT2D eigenvalue weighted by molar-refractivity contribution is -0.139. The number of allylic oxidation sites excluding steroid dienone is 1. The summed E-state index contributed by atoms with van der Waals surface area (Å²) in [7, 11) is 1.55. The van der Waals surface area contributed by atoms with Crippen LogP contribution in [0.5, 0.6) is 17.2 Å². The van der Waals surface area contributed by atoms with Crippen LogP contribution in [0, 0.1) is 0 Å². The zero-order valence-electron chi connectivity index (χ0n) is 22.6. The average Bonchev–Trinajstić information content (AvgIpc) is 3.22. The van der Waals surface area contributed by atoms with Crippen molar-refractivity contribution in [2.45, 2.75) is 40.2 Å². The maximum Gasteiger partial charge on any atom is 0.338 e. The third-order valence-electron chi connectivity index (χ3n) is 6.05. The highest BCUT2D eigenvalue weighted by Gasteiger charge is 2.35. The molecule has 206 valence electrons. The highest BCUT2D eigenvalue weighted by atomic mass is 79.9. The van der Waals surface area contributed by atoms with Gasteiger partial charge in [-0.05, 0) is 68.7 Å². The van der Waals surface area contributed by atoms with E-state index in [4.69, 9.17) is 18.9 Å². The minimum Gasteiger partial charge on any atom is -0.494 e. The predicted octanol–water partition coefficient (Wildman–Crippen LogP) is 4.76. The molecule has 0 N–H and O–H groups in total. The fourth-order valence-electron chi connectivity index (χ4n) is 4.31. The minimum atomic E-state index is -0.786. The Labute approximate surface area is 239 Å². The van der Waals surface area contributed by atoms with Crippen molar-refractivity contribution in [3.05, 3.63) is 83.0 Å². The molecule has 1 atom stereocenters. The fraction of sp³-hybridized carbons (Fsp3) is 0.345.